The van der Waals surface area contributed by atoms with Crippen LogP contribution >= 0.6 is 0 Å². The summed E-state index contributed by atoms with van der Waals surface area (Å²) in [6.45, 7) is 6.06. The van der Waals surface area contributed by atoms with Crippen molar-refractivity contribution in [3.05, 3.63) is 29.1 Å². The minimum absolute atomic E-state index is 0.0319. The molecule has 128 valence electrons. The summed E-state index contributed by atoms with van der Waals surface area (Å²) in [4.78, 5) is 16.1. The van der Waals surface area contributed by atoms with Gasteiger partial charge in [-0.3, -0.25) is 4.98 Å². The molecule has 1 aliphatic rings. The van der Waals surface area contributed by atoms with Gasteiger partial charge in [0.2, 0.25) is 0 Å². The predicted molar refractivity (Wildman–Crippen MR) is 89.3 cm³/mol. The number of hydrogen-bond donors (Lipinski definition) is 3. The summed E-state index contributed by atoms with van der Waals surface area (Å²) in [6.07, 6.45) is 5.18. The third-order valence-electron chi connectivity index (χ3n) is 4.97. The Morgan fingerprint density at radius 2 is 2.22 bits per heavy atom. The molecule has 0 radical (unpaired) electrons. The fourth-order valence-electron chi connectivity index (χ4n) is 3.62. The van der Waals surface area contributed by atoms with Gasteiger partial charge >= 0.3 is 5.97 Å². The number of hydrogen-bond acceptors (Lipinski definition) is 4. The van der Waals surface area contributed by atoms with Crippen molar-refractivity contribution in [2.24, 2.45) is 11.7 Å². The number of fused-ring (bicyclic) bond motifs is 1. The molecule has 4 N–H and O–H groups in total. The maximum atomic E-state index is 11.7. The van der Waals surface area contributed by atoms with E-state index in [1.165, 1.54) is 5.56 Å². The smallest absolute Gasteiger partial charge is 0.337 e. The average molecular weight is 320 g/mol. The zero-order valence-electron chi connectivity index (χ0n) is 14.2. The molecule has 5 nitrogen and oxygen atoms in total. The van der Waals surface area contributed by atoms with Crippen molar-refractivity contribution in [2.75, 3.05) is 0 Å². The molecule has 0 amide bonds. The number of aliphatic hydroxyl groups is 1. The maximum Gasteiger partial charge on any atom is 0.337 e. The minimum atomic E-state index is -1.98. The average Bonchev–Trinajstić information content (AvgIpc) is 2.90. The molecule has 0 bridgehead atoms. The molecular formula is C18H28N2O3. The predicted octanol–water partition coefficient (Wildman–Crippen LogP) is 2.25. The van der Waals surface area contributed by atoms with Gasteiger partial charge in [0.05, 0.1) is 0 Å². The Morgan fingerprint density at radius 1 is 1.52 bits per heavy atom. The summed E-state index contributed by atoms with van der Waals surface area (Å²) in [7, 11) is 0. The molecule has 0 saturated carbocycles. The van der Waals surface area contributed by atoms with Crippen molar-refractivity contribution in [3.8, 4) is 0 Å². The molecule has 1 aromatic rings. The number of aromatic nitrogens is 1. The number of nitrogens with zero attached hydrogens (tertiary/aromatic N) is 1. The topological polar surface area (TPSA) is 96.4 Å². The summed E-state index contributed by atoms with van der Waals surface area (Å²) in [5.41, 5.74) is 7.13. The fourth-order valence-corrected chi connectivity index (χ4v) is 3.62. The van der Waals surface area contributed by atoms with Crippen molar-refractivity contribution >= 4 is 5.97 Å². The molecule has 0 saturated heterocycles. The van der Waals surface area contributed by atoms with Crippen LogP contribution in [0.4, 0.5) is 0 Å². The molecule has 0 spiro atoms. The highest BCUT2D eigenvalue weighted by atomic mass is 16.4. The van der Waals surface area contributed by atoms with Crippen LogP contribution in [0.3, 0.4) is 0 Å². The SMILES string of the molecule is CCC1CCc2ccnc(CC(O)(C(=O)O)C(N)CC(C)C)c21. The van der Waals surface area contributed by atoms with Gasteiger partial charge in [-0.2, -0.15) is 0 Å². The van der Waals surface area contributed by atoms with Gasteiger partial charge in [-0.25, -0.2) is 4.79 Å². The van der Waals surface area contributed by atoms with E-state index in [-0.39, 0.29) is 12.3 Å². The normalized spacial score (nSPS) is 21.0. The Bertz CT molecular complexity index is 573. The number of aryl methyl sites for hydroxylation is 1. The quantitative estimate of drug-likeness (QED) is 0.716. The third kappa shape index (κ3) is 3.56. The third-order valence-corrected chi connectivity index (χ3v) is 4.97. The van der Waals surface area contributed by atoms with Crippen molar-refractivity contribution in [1.29, 1.82) is 0 Å². The highest BCUT2D eigenvalue weighted by Gasteiger charge is 2.44. The Labute approximate surface area is 137 Å². The van der Waals surface area contributed by atoms with Crippen LogP contribution in [0.25, 0.3) is 0 Å². The van der Waals surface area contributed by atoms with E-state index in [2.05, 4.69) is 11.9 Å². The first-order valence-electron chi connectivity index (χ1n) is 8.47. The van der Waals surface area contributed by atoms with Crippen LogP contribution in [-0.4, -0.2) is 32.8 Å². The molecule has 0 fully saturated rings. The number of carboxylic acid groups (broad SMARTS) is 1. The second kappa shape index (κ2) is 6.97. The molecule has 2 rings (SSSR count). The summed E-state index contributed by atoms with van der Waals surface area (Å²) in [5.74, 6) is -0.655. The van der Waals surface area contributed by atoms with E-state index >= 15 is 0 Å². The van der Waals surface area contributed by atoms with E-state index in [1.807, 2.05) is 19.9 Å². The van der Waals surface area contributed by atoms with Crippen molar-refractivity contribution in [3.63, 3.8) is 0 Å². The number of rotatable bonds is 7. The van der Waals surface area contributed by atoms with E-state index in [9.17, 15) is 15.0 Å². The standard InChI is InChI=1S/C18H28N2O3/c1-4-12-5-6-13-7-8-20-14(16(12)13)10-18(23,17(21)22)15(19)9-11(2)3/h7-8,11-12,15,23H,4-6,9-10,19H2,1-3H3,(H,21,22). The lowest BCUT2D eigenvalue weighted by molar-refractivity contribution is -0.161. The Morgan fingerprint density at radius 3 is 2.78 bits per heavy atom. The summed E-state index contributed by atoms with van der Waals surface area (Å²) in [6, 6.07) is 1.18. The van der Waals surface area contributed by atoms with Crippen LogP contribution in [0.5, 0.6) is 0 Å². The fraction of sp³-hybridized carbons (Fsp3) is 0.667. The van der Waals surface area contributed by atoms with Crippen LogP contribution in [0.15, 0.2) is 12.3 Å². The van der Waals surface area contributed by atoms with E-state index in [4.69, 9.17) is 5.73 Å². The first-order chi connectivity index (χ1) is 10.8. The lowest BCUT2D eigenvalue weighted by atomic mass is 9.82. The number of carbonyl (C=O) groups is 1. The van der Waals surface area contributed by atoms with E-state index in [0.717, 1.165) is 24.8 Å². The van der Waals surface area contributed by atoms with E-state index in [0.29, 0.717) is 18.0 Å². The maximum absolute atomic E-state index is 11.7. The molecule has 1 aliphatic carbocycles. The molecule has 0 aliphatic heterocycles. The summed E-state index contributed by atoms with van der Waals surface area (Å²) >= 11 is 0. The van der Waals surface area contributed by atoms with Gasteiger partial charge in [-0.15, -0.1) is 0 Å². The first kappa shape index (κ1) is 17.9. The van der Waals surface area contributed by atoms with Gasteiger partial charge in [0.15, 0.2) is 5.60 Å². The van der Waals surface area contributed by atoms with Crippen LogP contribution < -0.4 is 5.73 Å². The van der Waals surface area contributed by atoms with Crippen molar-refractivity contribution in [2.45, 2.75) is 70.4 Å². The summed E-state index contributed by atoms with van der Waals surface area (Å²) in [5, 5.41) is 20.4. The van der Waals surface area contributed by atoms with Crippen LogP contribution in [0.1, 0.15) is 62.8 Å². The van der Waals surface area contributed by atoms with Gasteiger partial charge < -0.3 is 15.9 Å². The largest absolute Gasteiger partial charge is 0.479 e. The number of carboxylic acids is 1. The molecule has 1 aromatic heterocycles. The lowest BCUT2D eigenvalue weighted by Crippen LogP contribution is -2.56. The Balaban J connectivity index is 2.35. The van der Waals surface area contributed by atoms with Crippen LogP contribution in [0, 0.1) is 5.92 Å². The second-order valence-corrected chi connectivity index (χ2v) is 7.12. The zero-order chi connectivity index (χ0) is 17.2. The van der Waals surface area contributed by atoms with Gasteiger partial charge in [0.25, 0.3) is 0 Å². The Hall–Kier alpha value is -1.46. The minimum Gasteiger partial charge on any atom is -0.479 e. The van der Waals surface area contributed by atoms with Crippen LogP contribution in [0.2, 0.25) is 0 Å². The molecular weight excluding hydrogens is 292 g/mol. The molecule has 1 heterocycles. The molecule has 0 aromatic carbocycles. The van der Waals surface area contributed by atoms with E-state index in [1.54, 1.807) is 6.20 Å². The molecule has 5 heteroatoms. The van der Waals surface area contributed by atoms with Gasteiger partial charge in [0.1, 0.15) is 0 Å². The number of nitrogens with two attached hydrogens (primary N) is 1. The van der Waals surface area contributed by atoms with Crippen molar-refractivity contribution < 1.29 is 15.0 Å². The summed E-state index contributed by atoms with van der Waals surface area (Å²) < 4.78 is 0. The Kier molecular flexibility index (Phi) is 5.42. The highest BCUT2D eigenvalue weighted by molar-refractivity contribution is 5.78. The molecule has 3 unspecified atom stereocenters. The zero-order valence-corrected chi connectivity index (χ0v) is 14.2. The van der Waals surface area contributed by atoms with Crippen molar-refractivity contribution in [1.82, 2.24) is 4.98 Å². The van der Waals surface area contributed by atoms with Gasteiger partial charge in [-0.1, -0.05) is 20.8 Å². The second-order valence-electron chi connectivity index (χ2n) is 7.12. The van der Waals surface area contributed by atoms with Gasteiger partial charge in [0, 0.05) is 24.4 Å². The first-order valence-corrected chi connectivity index (χ1v) is 8.47. The monoisotopic (exact) mass is 320 g/mol. The molecule has 23 heavy (non-hydrogen) atoms. The number of pyridine rings is 1. The number of aliphatic carboxylic acids is 1. The highest BCUT2D eigenvalue weighted by Crippen LogP contribution is 2.38. The molecule has 3 atom stereocenters. The van der Waals surface area contributed by atoms with E-state index < -0.39 is 17.6 Å². The van der Waals surface area contributed by atoms with Crippen LogP contribution in [-0.2, 0) is 17.6 Å². The lowest BCUT2D eigenvalue weighted by Gasteiger charge is -2.31. The van der Waals surface area contributed by atoms with Gasteiger partial charge in [-0.05, 0) is 54.7 Å².